The molecule has 0 aliphatic rings. The number of carbonyl (C=O) groups is 2. The van der Waals surface area contributed by atoms with Gasteiger partial charge in [-0.3, -0.25) is 13.9 Å². The number of carbonyl (C=O) groups excluding carboxylic acids is 2. The Morgan fingerprint density at radius 3 is 2.19 bits per heavy atom. The van der Waals surface area contributed by atoms with Crippen LogP contribution in [0.25, 0.3) is 0 Å². The van der Waals surface area contributed by atoms with Gasteiger partial charge in [0.05, 0.1) is 11.9 Å². The first kappa shape index (κ1) is 29.4. The summed E-state index contributed by atoms with van der Waals surface area (Å²) in [6.07, 6.45) is 2.94. The quantitative estimate of drug-likeness (QED) is 0.423. The molecule has 8 heteroatoms. The number of hydrogen-bond acceptors (Lipinski definition) is 4. The molecule has 1 N–H and O–H groups in total. The van der Waals surface area contributed by atoms with Crippen LogP contribution in [0.1, 0.15) is 63.1 Å². The van der Waals surface area contributed by atoms with E-state index in [4.69, 9.17) is 0 Å². The molecule has 2 aromatic rings. The van der Waals surface area contributed by atoms with Gasteiger partial charge < -0.3 is 10.2 Å². The second kappa shape index (κ2) is 13.4. The number of aryl methyl sites for hydroxylation is 2. The SMILES string of the molecule is CC[C@@H](C)NC(=O)[C@@H](CC)N(Cc1ccc(C)cc1)C(=O)CCCN(c1cccc(C)c1)S(C)(=O)=O. The molecule has 0 fully saturated rings. The molecular weight excluding hydrogens is 474 g/mol. The van der Waals surface area contributed by atoms with Gasteiger partial charge in [0.15, 0.2) is 0 Å². The van der Waals surface area contributed by atoms with Crippen molar-refractivity contribution in [2.24, 2.45) is 0 Å². The van der Waals surface area contributed by atoms with Gasteiger partial charge in [0.25, 0.3) is 0 Å². The molecule has 0 unspecified atom stereocenters. The van der Waals surface area contributed by atoms with Crippen molar-refractivity contribution in [3.8, 4) is 0 Å². The normalized spacial score (nSPS) is 13.1. The Kier molecular flexibility index (Phi) is 11.0. The summed E-state index contributed by atoms with van der Waals surface area (Å²) in [5.74, 6) is -0.329. The first-order valence-electron chi connectivity index (χ1n) is 12.7. The Labute approximate surface area is 216 Å². The van der Waals surface area contributed by atoms with Crippen molar-refractivity contribution >= 4 is 27.5 Å². The minimum Gasteiger partial charge on any atom is -0.352 e. The lowest BCUT2D eigenvalue weighted by Crippen LogP contribution is -2.50. The molecule has 0 saturated heterocycles. The summed E-state index contributed by atoms with van der Waals surface area (Å²) in [7, 11) is -3.51. The van der Waals surface area contributed by atoms with Gasteiger partial charge in [-0.05, 0) is 63.3 Å². The second-order valence-electron chi connectivity index (χ2n) is 9.53. The number of amides is 2. The molecule has 2 rings (SSSR count). The fraction of sp³-hybridized carbons (Fsp3) is 0.500. The molecule has 0 aliphatic heterocycles. The highest BCUT2D eigenvalue weighted by atomic mass is 32.2. The second-order valence-corrected chi connectivity index (χ2v) is 11.4. The fourth-order valence-corrected chi connectivity index (χ4v) is 5.00. The lowest BCUT2D eigenvalue weighted by atomic mass is 10.1. The van der Waals surface area contributed by atoms with Crippen molar-refractivity contribution in [3.05, 3.63) is 65.2 Å². The summed E-state index contributed by atoms with van der Waals surface area (Å²) in [6.45, 7) is 10.3. The molecule has 7 nitrogen and oxygen atoms in total. The minimum atomic E-state index is -3.51. The van der Waals surface area contributed by atoms with Gasteiger partial charge in [-0.15, -0.1) is 0 Å². The van der Waals surface area contributed by atoms with Crippen molar-refractivity contribution in [2.45, 2.75) is 78.9 Å². The topological polar surface area (TPSA) is 86.8 Å². The molecule has 36 heavy (non-hydrogen) atoms. The highest BCUT2D eigenvalue weighted by Gasteiger charge is 2.29. The van der Waals surface area contributed by atoms with Crippen LogP contribution in [0.2, 0.25) is 0 Å². The van der Waals surface area contributed by atoms with Crippen LogP contribution in [-0.2, 0) is 26.2 Å². The van der Waals surface area contributed by atoms with Crippen LogP contribution in [0.15, 0.2) is 48.5 Å². The van der Waals surface area contributed by atoms with Crippen molar-refractivity contribution in [1.29, 1.82) is 0 Å². The van der Waals surface area contributed by atoms with Crippen molar-refractivity contribution in [1.82, 2.24) is 10.2 Å². The Hall–Kier alpha value is -2.87. The predicted octanol–water partition coefficient (Wildman–Crippen LogP) is 4.57. The third-order valence-electron chi connectivity index (χ3n) is 6.30. The van der Waals surface area contributed by atoms with Crippen molar-refractivity contribution in [3.63, 3.8) is 0 Å². The van der Waals surface area contributed by atoms with Crippen molar-refractivity contribution < 1.29 is 18.0 Å². The summed E-state index contributed by atoms with van der Waals surface area (Å²) in [5, 5.41) is 3.01. The van der Waals surface area contributed by atoms with E-state index in [-0.39, 0.29) is 30.8 Å². The monoisotopic (exact) mass is 515 g/mol. The average molecular weight is 516 g/mol. The average Bonchev–Trinajstić information content (AvgIpc) is 2.81. The summed E-state index contributed by atoms with van der Waals surface area (Å²) < 4.78 is 26.3. The molecular formula is C28H41N3O4S. The van der Waals surface area contributed by atoms with Gasteiger partial charge >= 0.3 is 0 Å². The van der Waals surface area contributed by atoms with E-state index in [1.54, 1.807) is 11.0 Å². The first-order valence-corrected chi connectivity index (χ1v) is 14.5. The summed E-state index contributed by atoms with van der Waals surface area (Å²) in [4.78, 5) is 28.2. The van der Waals surface area contributed by atoms with Crippen LogP contribution in [0.3, 0.4) is 0 Å². The van der Waals surface area contributed by atoms with Crippen LogP contribution in [0.4, 0.5) is 5.69 Å². The zero-order valence-electron chi connectivity index (χ0n) is 22.5. The van der Waals surface area contributed by atoms with E-state index in [1.807, 2.05) is 77.1 Å². The van der Waals surface area contributed by atoms with Gasteiger partial charge in [-0.25, -0.2) is 8.42 Å². The Morgan fingerprint density at radius 1 is 0.972 bits per heavy atom. The molecule has 0 saturated carbocycles. The van der Waals surface area contributed by atoms with Crippen LogP contribution in [0.5, 0.6) is 0 Å². The van der Waals surface area contributed by atoms with E-state index in [1.165, 1.54) is 10.6 Å². The zero-order valence-corrected chi connectivity index (χ0v) is 23.3. The van der Waals surface area contributed by atoms with E-state index in [0.717, 1.165) is 23.1 Å². The number of rotatable bonds is 13. The van der Waals surface area contributed by atoms with Crippen LogP contribution in [0, 0.1) is 13.8 Å². The molecule has 2 atom stereocenters. The molecule has 0 heterocycles. The van der Waals surface area contributed by atoms with Gasteiger partial charge in [0.2, 0.25) is 21.8 Å². The number of sulfonamides is 1. The van der Waals surface area contributed by atoms with Gasteiger partial charge in [-0.1, -0.05) is 55.8 Å². The van der Waals surface area contributed by atoms with Crippen LogP contribution < -0.4 is 9.62 Å². The number of anilines is 1. The third kappa shape index (κ3) is 8.66. The van der Waals surface area contributed by atoms with Gasteiger partial charge in [-0.2, -0.15) is 0 Å². The molecule has 2 amide bonds. The first-order chi connectivity index (χ1) is 17.0. The van der Waals surface area contributed by atoms with E-state index in [2.05, 4.69) is 5.32 Å². The fourth-order valence-electron chi connectivity index (χ4n) is 4.04. The Bertz CT molecular complexity index is 1120. The maximum Gasteiger partial charge on any atom is 0.243 e. The number of hydrogen-bond donors (Lipinski definition) is 1. The van der Waals surface area contributed by atoms with Crippen LogP contribution >= 0.6 is 0 Å². The number of benzene rings is 2. The maximum absolute atomic E-state index is 13.5. The predicted molar refractivity (Wildman–Crippen MR) is 146 cm³/mol. The summed E-state index contributed by atoms with van der Waals surface area (Å²) in [6, 6.07) is 14.6. The summed E-state index contributed by atoms with van der Waals surface area (Å²) in [5.41, 5.74) is 3.61. The molecule has 0 radical (unpaired) electrons. The molecule has 2 aromatic carbocycles. The molecule has 0 spiro atoms. The largest absolute Gasteiger partial charge is 0.352 e. The van der Waals surface area contributed by atoms with E-state index < -0.39 is 16.1 Å². The smallest absolute Gasteiger partial charge is 0.243 e. The van der Waals surface area contributed by atoms with Crippen molar-refractivity contribution in [2.75, 3.05) is 17.1 Å². The van der Waals surface area contributed by atoms with E-state index in [9.17, 15) is 18.0 Å². The molecule has 198 valence electrons. The Balaban J connectivity index is 2.22. The lowest BCUT2D eigenvalue weighted by molar-refractivity contribution is -0.141. The van der Waals surface area contributed by atoms with E-state index in [0.29, 0.717) is 25.1 Å². The minimum absolute atomic E-state index is 0.0144. The standard InChI is InChI=1S/C28H41N3O4S/c1-7-23(5)29-28(33)26(8-2)30(20-24-16-14-21(3)15-17-24)27(32)13-10-18-31(36(6,34)35)25-12-9-11-22(4)19-25/h9,11-12,14-17,19,23,26H,7-8,10,13,18,20H2,1-6H3,(H,29,33)/t23-,26-/m1/s1. The Morgan fingerprint density at radius 2 is 1.64 bits per heavy atom. The molecule has 0 aromatic heterocycles. The van der Waals surface area contributed by atoms with Crippen LogP contribution in [-0.4, -0.2) is 50.0 Å². The van der Waals surface area contributed by atoms with Gasteiger partial charge in [0, 0.05) is 25.6 Å². The highest BCUT2D eigenvalue weighted by molar-refractivity contribution is 7.92. The summed E-state index contributed by atoms with van der Waals surface area (Å²) >= 11 is 0. The zero-order chi connectivity index (χ0) is 26.9. The molecule has 0 aliphatic carbocycles. The number of nitrogens with one attached hydrogen (secondary N) is 1. The van der Waals surface area contributed by atoms with Gasteiger partial charge in [0.1, 0.15) is 6.04 Å². The number of nitrogens with zero attached hydrogens (tertiary/aromatic N) is 2. The molecule has 0 bridgehead atoms. The maximum atomic E-state index is 13.5. The van der Waals surface area contributed by atoms with E-state index >= 15 is 0 Å². The lowest BCUT2D eigenvalue weighted by Gasteiger charge is -2.32. The highest BCUT2D eigenvalue weighted by Crippen LogP contribution is 2.21. The third-order valence-corrected chi connectivity index (χ3v) is 7.50.